The van der Waals surface area contributed by atoms with E-state index in [-0.39, 0.29) is 5.91 Å². The summed E-state index contributed by atoms with van der Waals surface area (Å²) in [6.45, 7) is 1.97. The van der Waals surface area contributed by atoms with Crippen molar-refractivity contribution < 1.29 is 13.2 Å². The molecule has 0 aliphatic heterocycles. The third-order valence-corrected chi connectivity index (χ3v) is 4.48. The number of anilines is 2. The van der Waals surface area contributed by atoms with Crippen LogP contribution in [-0.4, -0.2) is 27.6 Å². The van der Waals surface area contributed by atoms with Gasteiger partial charge < -0.3 is 5.32 Å². The first-order chi connectivity index (χ1) is 10.3. The van der Waals surface area contributed by atoms with Gasteiger partial charge in [0.2, 0.25) is 10.0 Å². The number of benzene rings is 2. The first-order valence-electron chi connectivity index (χ1n) is 6.69. The molecule has 0 bridgehead atoms. The van der Waals surface area contributed by atoms with Crippen molar-refractivity contribution >= 4 is 27.3 Å². The molecule has 2 rings (SSSR count). The number of carbonyl (C=O) groups is 1. The van der Waals surface area contributed by atoms with Crippen molar-refractivity contribution in [3.05, 3.63) is 59.7 Å². The molecule has 22 heavy (non-hydrogen) atoms. The number of amides is 1. The van der Waals surface area contributed by atoms with Gasteiger partial charge in [-0.1, -0.05) is 23.8 Å². The number of aryl methyl sites for hydroxylation is 1. The van der Waals surface area contributed by atoms with Crippen molar-refractivity contribution in [1.29, 1.82) is 0 Å². The molecule has 0 unspecified atom stereocenters. The van der Waals surface area contributed by atoms with E-state index in [0.29, 0.717) is 16.9 Å². The van der Waals surface area contributed by atoms with Crippen LogP contribution >= 0.6 is 0 Å². The Morgan fingerprint density at radius 2 is 1.73 bits per heavy atom. The van der Waals surface area contributed by atoms with Crippen LogP contribution in [0.4, 0.5) is 11.4 Å². The van der Waals surface area contributed by atoms with Gasteiger partial charge in [-0.05, 0) is 37.3 Å². The highest BCUT2D eigenvalue weighted by Gasteiger charge is 2.14. The van der Waals surface area contributed by atoms with Crippen LogP contribution in [0, 0.1) is 6.92 Å². The Kier molecular flexibility index (Phi) is 4.51. The van der Waals surface area contributed by atoms with Gasteiger partial charge in [-0.2, -0.15) is 0 Å². The number of hydrogen-bond donors (Lipinski definition) is 1. The fraction of sp³-hybridized carbons (Fsp3) is 0.188. The summed E-state index contributed by atoms with van der Waals surface area (Å²) in [6, 6.07) is 13.9. The molecular weight excluding hydrogens is 300 g/mol. The Morgan fingerprint density at radius 1 is 1.09 bits per heavy atom. The summed E-state index contributed by atoms with van der Waals surface area (Å²) >= 11 is 0. The summed E-state index contributed by atoms with van der Waals surface area (Å²) in [5.41, 5.74) is 2.64. The molecule has 0 aliphatic carbocycles. The normalized spacial score (nSPS) is 11.0. The monoisotopic (exact) mass is 318 g/mol. The Bertz CT molecular complexity index is 783. The van der Waals surface area contributed by atoms with Crippen molar-refractivity contribution in [3.63, 3.8) is 0 Å². The number of rotatable bonds is 4. The van der Waals surface area contributed by atoms with E-state index in [9.17, 15) is 13.2 Å². The molecule has 1 N–H and O–H groups in total. The number of nitrogens with zero attached hydrogens (tertiary/aromatic N) is 1. The molecule has 0 heterocycles. The Labute approximate surface area is 130 Å². The zero-order valence-corrected chi connectivity index (χ0v) is 13.5. The fourth-order valence-electron chi connectivity index (χ4n) is 1.87. The zero-order valence-electron chi connectivity index (χ0n) is 12.7. The second-order valence-electron chi connectivity index (χ2n) is 5.10. The molecule has 6 heteroatoms. The van der Waals surface area contributed by atoms with Crippen LogP contribution in [0.3, 0.4) is 0 Å². The molecule has 5 nitrogen and oxygen atoms in total. The van der Waals surface area contributed by atoms with Gasteiger partial charge in [0.1, 0.15) is 0 Å². The van der Waals surface area contributed by atoms with E-state index in [2.05, 4.69) is 5.32 Å². The minimum absolute atomic E-state index is 0.285. The second kappa shape index (κ2) is 6.19. The predicted molar refractivity (Wildman–Crippen MR) is 88.8 cm³/mol. The molecule has 0 fully saturated rings. The maximum Gasteiger partial charge on any atom is 0.255 e. The van der Waals surface area contributed by atoms with E-state index in [1.54, 1.807) is 24.3 Å². The van der Waals surface area contributed by atoms with Crippen LogP contribution in [0.2, 0.25) is 0 Å². The lowest BCUT2D eigenvalue weighted by molar-refractivity contribution is 0.102. The average molecular weight is 318 g/mol. The van der Waals surface area contributed by atoms with Crippen LogP contribution in [0.25, 0.3) is 0 Å². The number of sulfonamides is 1. The summed E-state index contributed by atoms with van der Waals surface area (Å²) < 4.78 is 24.3. The third kappa shape index (κ3) is 3.85. The molecule has 116 valence electrons. The summed E-state index contributed by atoms with van der Waals surface area (Å²) in [4.78, 5) is 12.2. The van der Waals surface area contributed by atoms with Gasteiger partial charge in [0.25, 0.3) is 5.91 Å². The van der Waals surface area contributed by atoms with Crippen LogP contribution in [0.1, 0.15) is 15.9 Å². The van der Waals surface area contributed by atoms with Crippen LogP contribution in [0.15, 0.2) is 48.5 Å². The zero-order chi connectivity index (χ0) is 16.3. The van der Waals surface area contributed by atoms with Crippen molar-refractivity contribution in [2.24, 2.45) is 0 Å². The number of nitrogens with one attached hydrogen (secondary N) is 1. The minimum atomic E-state index is -3.36. The molecule has 0 radical (unpaired) electrons. The molecule has 0 aromatic heterocycles. The largest absolute Gasteiger partial charge is 0.322 e. The summed E-state index contributed by atoms with van der Waals surface area (Å²) in [7, 11) is -1.91. The van der Waals surface area contributed by atoms with Crippen LogP contribution in [0.5, 0.6) is 0 Å². The number of carbonyl (C=O) groups excluding carboxylic acids is 1. The molecule has 0 aliphatic rings. The SMILES string of the molecule is Cc1ccc(NC(=O)c2cccc(N(C)S(C)(=O)=O)c2)cc1. The van der Waals surface area contributed by atoms with E-state index in [1.165, 1.54) is 7.05 Å². The maximum atomic E-state index is 12.2. The van der Waals surface area contributed by atoms with Crippen molar-refractivity contribution in [2.45, 2.75) is 6.92 Å². The van der Waals surface area contributed by atoms with E-state index in [0.717, 1.165) is 16.1 Å². The van der Waals surface area contributed by atoms with Gasteiger partial charge in [0.15, 0.2) is 0 Å². The Balaban J connectivity index is 2.22. The fourth-order valence-corrected chi connectivity index (χ4v) is 2.37. The van der Waals surface area contributed by atoms with Gasteiger partial charge in [0, 0.05) is 18.3 Å². The van der Waals surface area contributed by atoms with E-state index < -0.39 is 10.0 Å². The van der Waals surface area contributed by atoms with Gasteiger partial charge >= 0.3 is 0 Å². The van der Waals surface area contributed by atoms with Crippen molar-refractivity contribution in [1.82, 2.24) is 0 Å². The lowest BCUT2D eigenvalue weighted by Gasteiger charge is -2.17. The predicted octanol–water partition coefficient (Wildman–Crippen LogP) is 2.64. The highest BCUT2D eigenvalue weighted by Crippen LogP contribution is 2.18. The highest BCUT2D eigenvalue weighted by atomic mass is 32.2. The molecule has 0 spiro atoms. The summed E-state index contributed by atoms with van der Waals surface area (Å²) in [5, 5.41) is 2.78. The van der Waals surface area contributed by atoms with Crippen molar-refractivity contribution in [2.75, 3.05) is 22.9 Å². The molecule has 2 aromatic rings. The van der Waals surface area contributed by atoms with Gasteiger partial charge in [-0.3, -0.25) is 9.10 Å². The lowest BCUT2D eigenvalue weighted by atomic mass is 10.1. The van der Waals surface area contributed by atoms with Crippen LogP contribution < -0.4 is 9.62 Å². The molecule has 0 saturated heterocycles. The molecule has 2 aromatic carbocycles. The van der Waals surface area contributed by atoms with Gasteiger partial charge in [-0.25, -0.2) is 8.42 Å². The van der Waals surface area contributed by atoms with Crippen LogP contribution in [-0.2, 0) is 10.0 Å². The molecule has 0 saturated carbocycles. The third-order valence-electron chi connectivity index (χ3n) is 3.28. The first kappa shape index (κ1) is 16.0. The van der Waals surface area contributed by atoms with E-state index >= 15 is 0 Å². The minimum Gasteiger partial charge on any atom is -0.322 e. The second-order valence-corrected chi connectivity index (χ2v) is 7.11. The summed E-state index contributed by atoms with van der Waals surface area (Å²) in [5.74, 6) is -0.285. The maximum absolute atomic E-state index is 12.2. The number of hydrogen-bond acceptors (Lipinski definition) is 3. The van der Waals surface area contributed by atoms with Gasteiger partial charge in [0.05, 0.1) is 11.9 Å². The standard InChI is InChI=1S/C16H18N2O3S/c1-12-7-9-14(10-8-12)17-16(19)13-5-4-6-15(11-13)18(2)22(3,20)21/h4-11H,1-3H3,(H,17,19). The Morgan fingerprint density at radius 3 is 2.32 bits per heavy atom. The highest BCUT2D eigenvalue weighted by molar-refractivity contribution is 7.92. The van der Waals surface area contributed by atoms with Crippen molar-refractivity contribution in [3.8, 4) is 0 Å². The Hall–Kier alpha value is -2.34. The van der Waals surface area contributed by atoms with E-state index in [1.807, 2.05) is 31.2 Å². The topological polar surface area (TPSA) is 66.5 Å². The lowest BCUT2D eigenvalue weighted by Crippen LogP contribution is -2.25. The average Bonchev–Trinajstić information content (AvgIpc) is 2.48. The summed E-state index contributed by atoms with van der Waals surface area (Å²) in [6.07, 6.45) is 1.12. The van der Waals surface area contributed by atoms with Gasteiger partial charge in [-0.15, -0.1) is 0 Å². The quantitative estimate of drug-likeness (QED) is 0.942. The van der Waals surface area contributed by atoms with E-state index in [4.69, 9.17) is 0 Å². The molecular formula is C16H18N2O3S. The smallest absolute Gasteiger partial charge is 0.255 e. The first-order valence-corrected chi connectivity index (χ1v) is 8.54. The molecule has 1 amide bonds. The molecule has 0 atom stereocenters.